The van der Waals surface area contributed by atoms with E-state index in [0.717, 1.165) is 0 Å². The summed E-state index contributed by atoms with van der Waals surface area (Å²) in [6.45, 7) is 3.05. The summed E-state index contributed by atoms with van der Waals surface area (Å²) in [6.07, 6.45) is -0.163. The van der Waals surface area contributed by atoms with Crippen LogP contribution in [0, 0.1) is 16.7 Å². The number of benzene rings is 1. The topological polar surface area (TPSA) is 98.4 Å². The molecule has 0 amide bonds. The van der Waals surface area contributed by atoms with Gasteiger partial charge >= 0.3 is 11.9 Å². The second kappa shape index (κ2) is 6.80. The molecule has 1 aromatic carbocycles. The van der Waals surface area contributed by atoms with Crippen LogP contribution in [0.15, 0.2) is 24.3 Å². The Morgan fingerprint density at radius 3 is 2.18 bits per heavy atom. The van der Waals surface area contributed by atoms with Crippen LogP contribution in [0.3, 0.4) is 0 Å². The molecule has 0 aliphatic carbocycles. The second-order valence-electron chi connectivity index (χ2n) is 5.96. The summed E-state index contributed by atoms with van der Waals surface area (Å²) in [6, 6.07) is 8.65. The van der Waals surface area contributed by atoms with Crippen molar-refractivity contribution in [2.45, 2.75) is 38.5 Å². The molecule has 1 rings (SSSR count). The van der Waals surface area contributed by atoms with Crippen LogP contribution < -0.4 is 0 Å². The maximum atomic E-state index is 11.4. The third-order valence-electron chi connectivity index (χ3n) is 3.70. The fourth-order valence-corrected chi connectivity index (χ4v) is 2.54. The van der Waals surface area contributed by atoms with Crippen LogP contribution in [0.4, 0.5) is 0 Å². The number of nitriles is 1. The first kappa shape index (κ1) is 18.0. The predicted octanol–water partition coefficient (Wildman–Crippen LogP) is 3.47. The van der Waals surface area contributed by atoms with Gasteiger partial charge in [-0.25, -0.2) is 0 Å². The number of nitrogens with zero attached hydrogens (tertiary/aromatic N) is 1. The summed E-state index contributed by atoms with van der Waals surface area (Å²) >= 11 is 5.84. The van der Waals surface area contributed by atoms with Gasteiger partial charge in [-0.2, -0.15) is 5.26 Å². The molecule has 1 aromatic rings. The summed E-state index contributed by atoms with van der Waals surface area (Å²) in [5.41, 5.74) is -1.77. The Morgan fingerprint density at radius 1 is 1.23 bits per heavy atom. The molecule has 0 heterocycles. The number of rotatable bonds is 7. The molecule has 1 atom stereocenters. The van der Waals surface area contributed by atoms with Gasteiger partial charge in [-0.3, -0.25) is 9.59 Å². The van der Waals surface area contributed by atoms with Crippen molar-refractivity contribution in [3.05, 3.63) is 34.9 Å². The first-order valence-electron chi connectivity index (χ1n) is 6.75. The van der Waals surface area contributed by atoms with E-state index in [1.54, 1.807) is 24.3 Å². The van der Waals surface area contributed by atoms with Crippen LogP contribution in [0.25, 0.3) is 0 Å². The Hall–Kier alpha value is -2.06. The zero-order chi connectivity index (χ0) is 17.0. The Morgan fingerprint density at radius 2 is 1.77 bits per heavy atom. The molecule has 6 heteroatoms. The molecule has 0 aromatic heterocycles. The summed E-state index contributed by atoms with van der Waals surface area (Å²) in [4.78, 5) is 22.3. The highest BCUT2D eigenvalue weighted by atomic mass is 35.5. The quantitative estimate of drug-likeness (QED) is 0.800. The minimum atomic E-state index is -1.19. The molecule has 2 N–H and O–H groups in total. The van der Waals surface area contributed by atoms with Crippen LogP contribution in [0.2, 0.25) is 5.02 Å². The van der Waals surface area contributed by atoms with Gasteiger partial charge in [0.1, 0.15) is 0 Å². The molecule has 118 valence electrons. The van der Waals surface area contributed by atoms with Gasteiger partial charge < -0.3 is 10.2 Å². The second-order valence-corrected chi connectivity index (χ2v) is 6.40. The Labute approximate surface area is 134 Å². The number of carboxylic acids is 2. The van der Waals surface area contributed by atoms with Crippen molar-refractivity contribution in [2.24, 2.45) is 5.41 Å². The largest absolute Gasteiger partial charge is 0.481 e. The number of hydrogen-bond acceptors (Lipinski definition) is 3. The van der Waals surface area contributed by atoms with Crippen molar-refractivity contribution in [3.63, 3.8) is 0 Å². The molecule has 0 saturated carbocycles. The van der Waals surface area contributed by atoms with E-state index in [-0.39, 0.29) is 19.3 Å². The lowest BCUT2D eigenvalue weighted by Gasteiger charge is -2.33. The molecule has 0 aliphatic rings. The van der Waals surface area contributed by atoms with Gasteiger partial charge in [-0.15, -0.1) is 0 Å². The van der Waals surface area contributed by atoms with E-state index in [1.807, 2.05) is 0 Å². The zero-order valence-electron chi connectivity index (χ0n) is 12.5. The van der Waals surface area contributed by atoms with Crippen LogP contribution in [0.5, 0.6) is 0 Å². The fourth-order valence-electron chi connectivity index (χ4n) is 2.41. The van der Waals surface area contributed by atoms with Crippen molar-refractivity contribution < 1.29 is 19.8 Å². The number of halogens is 1. The van der Waals surface area contributed by atoms with Crippen molar-refractivity contribution in [1.82, 2.24) is 0 Å². The highest BCUT2D eigenvalue weighted by Gasteiger charge is 2.42. The molecule has 0 saturated heterocycles. The molecular formula is C16H18ClNO4. The van der Waals surface area contributed by atoms with Crippen LogP contribution >= 0.6 is 11.6 Å². The zero-order valence-corrected chi connectivity index (χ0v) is 13.2. The Balaban J connectivity index is 3.29. The lowest BCUT2D eigenvalue weighted by atomic mass is 9.67. The lowest BCUT2D eigenvalue weighted by molar-refractivity contribution is -0.147. The van der Waals surface area contributed by atoms with Crippen molar-refractivity contribution in [1.29, 1.82) is 5.26 Å². The third-order valence-corrected chi connectivity index (χ3v) is 3.95. The molecular weight excluding hydrogens is 306 g/mol. The van der Waals surface area contributed by atoms with Crippen LogP contribution in [-0.4, -0.2) is 22.2 Å². The van der Waals surface area contributed by atoms with Crippen LogP contribution in [0.1, 0.15) is 38.7 Å². The van der Waals surface area contributed by atoms with E-state index in [1.165, 1.54) is 13.8 Å². The predicted molar refractivity (Wildman–Crippen MR) is 81.6 cm³/mol. The van der Waals surface area contributed by atoms with Gasteiger partial charge in [0.15, 0.2) is 0 Å². The molecule has 5 nitrogen and oxygen atoms in total. The molecule has 0 spiro atoms. The van der Waals surface area contributed by atoms with Gasteiger partial charge in [-0.05, 0) is 44.4 Å². The summed E-state index contributed by atoms with van der Waals surface area (Å²) in [5, 5.41) is 28.4. The van der Waals surface area contributed by atoms with E-state index < -0.39 is 22.8 Å². The average Bonchev–Trinajstić information content (AvgIpc) is 2.44. The maximum Gasteiger partial charge on any atom is 0.309 e. The minimum absolute atomic E-state index is 0.0146. The maximum absolute atomic E-state index is 11.4. The summed E-state index contributed by atoms with van der Waals surface area (Å²) in [5.74, 6) is -2.06. The van der Waals surface area contributed by atoms with E-state index in [4.69, 9.17) is 16.7 Å². The normalized spacial score (nSPS) is 13.9. The van der Waals surface area contributed by atoms with Gasteiger partial charge in [-0.1, -0.05) is 23.7 Å². The standard InChI is InChI=1S/C16H18ClNO4/c1-15(2,14(21)22)9-16(10-18,8-7-13(19)20)11-3-5-12(17)6-4-11/h3-6H,7-9H2,1-2H3,(H,19,20)(H,21,22). The smallest absolute Gasteiger partial charge is 0.309 e. The van der Waals surface area contributed by atoms with Gasteiger partial charge in [0.25, 0.3) is 0 Å². The molecule has 1 unspecified atom stereocenters. The van der Waals surface area contributed by atoms with E-state index in [9.17, 15) is 20.0 Å². The monoisotopic (exact) mass is 323 g/mol. The van der Waals surface area contributed by atoms with Crippen molar-refractivity contribution >= 4 is 23.5 Å². The Bertz CT molecular complexity index is 604. The highest BCUT2D eigenvalue weighted by Crippen LogP contribution is 2.40. The summed E-state index contributed by atoms with van der Waals surface area (Å²) in [7, 11) is 0. The van der Waals surface area contributed by atoms with Crippen LogP contribution in [-0.2, 0) is 15.0 Å². The van der Waals surface area contributed by atoms with E-state index in [0.29, 0.717) is 10.6 Å². The third kappa shape index (κ3) is 4.22. The average molecular weight is 324 g/mol. The molecule has 0 fully saturated rings. The first-order chi connectivity index (χ1) is 10.1. The van der Waals surface area contributed by atoms with Gasteiger partial charge in [0.05, 0.1) is 16.9 Å². The van der Waals surface area contributed by atoms with E-state index in [2.05, 4.69) is 6.07 Å². The lowest BCUT2D eigenvalue weighted by Crippen LogP contribution is -2.36. The minimum Gasteiger partial charge on any atom is -0.481 e. The number of carboxylic acid groups (broad SMARTS) is 2. The molecule has 0 radical (unpaired) electrons. The van der Waals surface area contributed by atoms with Gasteiger partial charge in [0, 0.05) is 11.4 Å². The number of aliphatic carboxylic acids is 2. The Kier molecular flexibility index (Phi) is 5.56. The summed E-state index contributed by atoms with van der Waals surface area (Å²) < 4.78 is 0. The SMILES string of the molecule is CC(C)(CC(C#N)(CCC(=O)O)c1ccc(Cl)cc1)C(=O)O. The molecule has 0 aliphatic heterocycles. The van der Waals surface area contributed by atoms with Gasteiger partial charge in [0.2, 0.25) is 0 Å². The first-order valence-corrected chi connectivity index (χ1v) is 7.13. The molecule has 0 bridgehead atoms. The van der Waals surface area contributed by atoms with Crippen molar-refractivity contribution in [3.8, 4) is 6.07 Å². The number of carbonyl (C=O) groups is 2. The highest BCUT2D eigenvalue weighted by molar-refractivity contribution is 6.30. The molecule has 22 heavy (non-hydrogen) atoms. The fraction of sp³-hybridized carbons (Fsp3) is 0.438. The van der Waals surface area contributed by atoms with Crippen molar-refractivity contribution in [2.75, 3.05) is 0 Å². The number of hydrogen-bond donors (Lipinski definition) is 2. The van der Waals surface area contributed by atoms with E-state index >= 15 is 0 Å².